The molecule has 150 valence electrons. The highest BCUT2D eigenvalue weighted by molar-refractivity contribution is 6.30. The molecule has 1 amide bonds. The lowest BCUT2D eigenvalue weighted by atomic mass is 9.98. The fourth-order valence-electron chi connectivity index (χ4n) is 3.66. The smallest absolute Gasteiger partial charge is 0.220 e. The first kappa shape index (κ1) is 20.5. The number of ether oxygens (including phenoxy) is 2. The van der Waals surface area contributed by atoms with Crippen LogP contribution in [0.1, 0.15) is 48.1 Å². The Morgan fingerprint density at radius 1 is 1.21 bits per heavy atom. The summed E-state index contributed by atoms with van der Waals surface area (Å²) in [5, 5.41) is 3.37. The van der Waals surface area contributed by atoms with Crippen LogP contribution in [0.5, 0.6) is 11.5 Å². The van der Waals surface area contributed by atoms with E-state index in [4.69, 9.17) is 21.1 Å². The maximum Gasteiger partial charge on any atom is 0.220 e. The minimum Gasteiger partial charge on any atom is -0.488 e. The second kappa shape index (κ2) is 8.04. The van der Waals surface area contributed by atoms with Crippen LogP contribution in [0.15, 0.2) is 24.3 Å². The number of halogens is 1. The molecule has 4 nitrogen and oxygen atoms in total. The topological polar surface area (TPSA) is 47.6 Å². The zero-order valence-corrected chi connectivity index (χ0v) is 18.0. The summed E-state index contributed by atoms with van der Waals surface area (Å²) < 4.78 is 12.3. The number of aryl methyl sites for hydroxylation is 1. The van der Waals surface area contributed by atoms with Crippen LogP contribution < -0.4 is 14.8 Å². The van der Waals surface area contributed by atoms with E-state index in [-0.39, 0.29) is 11.5 Å². The Hall–Kier alpha value is -2.20. The molecule has 0 aromatic heterocycles. The minimum absolute atomic E-state index is 0.0510. The van der Waals surface area contributed by atoms with Gasteiger partial charge in [-0.2, -0.15) is 0 Å². The van der Waals surface area contributed by atoms with Gasteiger partial charge in [0.2, 0.25) is 5.91 Å². The number of carbonyl (C=O) groups excluding carboxylic acids is 1. The molecule has 3 rings (SSSR count). The van der Waals surface area contributed by atoms with Gasteiger partial charge in [0.15, 0.2) is 0 Å². The van der Waals surface area contributed by atoms with E-state index in [2.05, 4.69) is 33.0 Å². The molecule has 0 saturated carbocycles. The van der Waals surface area contributed by atoms with E-state index < -0.39 is 0 Å². The van der Waals surface area contributed by atoms with Crippen LogP contribution in [0.25, 0.3) is 0 Å². The highest BCUT2D eigenvalue weighted by Crippen LogP contribution is 2.40. The fourth-order valence-corrected chi connectivity index (χ4v) is 3.92. The summed E-state index contributed by atoms with van der Waals surface area (Å²) in [5.74, 6) is 1.79. The lowest BCUT2D eigenvalue weighted by molar-refractivity contribution is -0.120. The number of nitrogens with one attached hydrogen (secondary N) is 1. The standard InChI is InChI=1S/C23H28ClNO3/c1-14-15(2)20(8-6-16(14)7-9-21(26)25-5)27-13-18-11-19(24)10-17-12-23(3,4)28-22(17)18/h6,8,10-11H,7,9,12-13H2,1-5H3,(H,25,26). The quantitative estimate of drug-likeness (QED) is 0.746. The van der Waals surface area contributed by atoms with Crippen molar-refractivity contribution in [2.45, 2.75) is 59.2 Å². The molecule has 0 saturated heterocycles. The number of amides is 1. The van der Waals surface area contributed by atoms with E-state index in [9.17, 15) is 4.79 Å². The largest absolute Gasteiger partial charge is 0.488 e. The highest BCUT2D eigenvalue weighted by Gasteiger charge is 2.32. The van der Waals surface area contributed by atoms with Crippen molar-refractivity contribution < 1.29 is 14.3 Å². The van der Waals surface area contributed by atoms with Gasteiger partial charge >= 0.3 is 0 Å². The van der Waals surface area contributed by atoms with Crippen LogP contribution in [-0.4, -0.2) is 18.6 Å². The Kier molecular flexibility index (Phi) is 5.90. The molecular formula is C23H28ClNO3. The highest BCUT2D eigenvalue weighted by atomic mass is 35.5. The van der Waals surface area contributed by atoms with Gasteiger partial charge in [0.25, 0.3) is 0 Å². The lowest BCUT2D eigenvalue weighted by Crippen LogP contribution is -2.25. The molecule has 1 heterocycles. The number of hydrogen-bond acceptors (Lipinski definition) is 3. The van der Waals surface area contributed by atoms with Crippen LogP contribution in [0, 0.1) is 13.8 Å². The van der Waals surface area contributed by atoms with Gasteiger partial charge in [-0.25, -0.2) is 0 Å². The monoisotopic (exact) mass is 401 g/mol. The van der Waals surface area contributed by atoms with E-state index >= 15 is 0 Å². The predicted molar refractivity (Wildman–Crippen MR) is 112 cm³/mol. The van der Waals surface area contributed by atoms with Crippen molar-refractivity contribution in [3.05, 3.63) is 57.1 Å². The molecule has 0 radical (unpaired) electrons. The van der Waals surface area contributed by atoms with Crippen LogP contribution in [-0.2, 0) is 24.2 Å². The van der Waals surface area contributed by atoms with Gasteiger partial charge in [0, 0.05) is 30.5 Å². The number of fused-ring (bicyclic) bond motifs is 1. The molecule has 0 bridgehead atoms. The Morgan fingerprint density at radius 3 is 2.68 bits per heavy atom. The van der Waals surface area contributed by atoms with Crippen molar-refractivity contribution in [1.29, 1.82) is 0 Å². The summed E-state index contributed by atoms with van der Waals surface area (Å²) in [5.41, 5.74) is 5.30. The van der Waals surface area contributed by atoms with Crippen molar-refractivity contribution in [1.82, 2.24) is 5.32 Å². The predicted octanol–water partition coefficient (Wildman–Crippen LogP) is 4.93. The third-order valence-electron chi connectivity index (χ3n) is 5.34. The Balaban J connectivity index is 1.76. The second-order valence-electron chi connectivity index (χ2n) is 8.03. The molecule has 0 fully saturated rings. The summed E-state index contributed by atoms with van der Waals surface area (Å²) >= 11 is 6.31. The van der Waals surface area contributed by atoms with E-state index in [0.29, 0.717) is 18.1 Å². The maximum atomic E-state index is 11.5. The summed E-state index contributed by atoms with van der Waals surface area (Å²) in [6, 6.07) is 7.92. The van der Waals surface area contributed by atoms with Crippen molar-refractivity contribution in [2.24, 2.45) is 0 Å². The Morgan fingerprint density at radius 2 is 1.96 bits per heavy atom. The Bertz CT molecular complexity index is 905. The summed E-state index contributed by atoms with van der Waals surface area (Å²) in [6.45, 7) is 8.68. The van der Waals surface area contributed by atoms with Crippen LogP contribution in [0.4, 0.5) is 0 Å². The zero-order valence-electron chi connectivity index (χ0n) is 17.2. The first-order valence-electron chi connectivity index (χ1n) is 9.63. The van der Waals surface area contributed by atoms with Crippen molar-refractivity contribution in [3.8, 4) is 11.5 Å². The van der Waals surface area contributed by atoms with Crippen molar-refractivity contribution in [2.75, 3.05) is 7.05 Å². The molecule has 1 N–H and O–H groups in total. The molecular weight excluding hydrogens is 374 g/mol. The van der Waals surface area contributed by atoms with Gasteiger partial charge in [0.05, 0.1) is 0 Å². The molecule has 5 heteroatoms. The zero-order chi connectivity index (χ0) is 20.5. The van der Waals surface area contributed by atoms with E-state index in [0.717, 1.165) is 46.6 Å². The molecule has 0 spiro atoms. The molecule has 1 aliphatic rings. The van der Waals surface area contributed by atoms with Crippen LogP contribution in [0.2, 0.25) is 5.02 Å². The fraction of sp³-hybridized carbons (Fsp3) is 0.435. The molecule has 28 heavy (non-hydrogen) atoms. The van der Waals surface area contributed by atoms with E-state index in [1.165, 1.54) is 5.56 Å². The van der Waals surface area contributed by atoms with Gasteiger partial charge in [-0.3, -0.25) is 4.79 Å². The second-order valence-corrected chi connectivity index (χ2v) is 8.46. The minimum atomic E-state index is -0.222. The van der Waals surface area contributed by atoms with Gasteiger partial charge in [-0.05, 0) is 74.6 Å². The summed E-state index contributed by atoms with van der Waals surface area (Å²) in [6.07, 6.45) is 2.05. The molecule has 1 aliphatic heterocycles. The SMILES string of the molecule is CNC(=O)CCc1ccc(OCc2cc(Cl)cc3c2OC(C)(C)C3)c(C)c1C. The normalized spacial score (nSPS) is 14.4. The molecule has 2 aromatic carbocycles. The number of hydrogen-bond donors (Lipinski definition) is 1. The third-order valence-corrected chi connectivity index (χ3v) is 5.55. The molecule has 0 atom stereocenters. The average molecular weight is 402 g/mol. The average Bonchev–Trinajstić information content (AvgIpc) is 2.95. The Labute approximate surface area is 172 Å². The van der Waals surface area contributed by atoms with E-state index in [1.54, 1.807) is 7.05 Å². The van der Waals surface area contributed by atoms with Crippen LogP contribution in [0.3, 0.4) is 0 Å². The van der Waals surface area contributed by atoms with Crippen molar-refractivity contribution >= 4 is 17.5 Å². The number of carbonyl (C=O) groups is 1. The van der Waals surface area contributed by atoms with Gasteiger partial charge in [0.1, 0.15) is 23.7 Å². The number of rotatable bonds is 6. The third kappa shape index (κ3) is 4.44. The summed E-state index contributed by atoms with van der Waals surface area (Å²) in [7, 11) is 1.66. The molecule has 2 aromatic rings. The summed E-state index contributed by atoms with van der Waals surface area (Å²) in [4.78, 5) is 11.5. The first-order chi connectivity index (χ1) is 13.2. The lowest BCUT2D eigenvalue weighted by Gasteiger charge is -2.19. The first-order valence-corrected chi connectivity index (χ1v) is 10.0. The maximum absolute atomic E-state index is 11.5. The van der Waals surface area contributed by atoms with Gasteiger partial charge in [-0.15, -0.1) is 0 Å². The van der Waals surface area contributed by atoms with Crippen molar-refractivity contribution in [3.63, 3.8) is 0 Å². The number of benzene rings is 2. The van der Waals surface area contributed by atoms with E-state index in [1.807, 2.05) is 24.3 Å². The van der Waals surface area contributed by atoms with Gasteiger partial charge in [-0.1, -0.05) is 17.7 Å². The van der Waals surface area contributed by atoms with Gasteiger partial charge < -0.3 is 14.8 Å². The van der Waals surface area contributed by atoms with Crippen LogP contribution >= 0.6 is 11.6 Å². The molecule has 0 aliphatic carbocycles. The molecule has 0 unspecified atom stereocenters.